The Morgan fingerprint density at radius 2 is 1.80 bits per heavy atom. The molecule has 1 aromatic heterocycles. The number of carbonyl (C=O) groups is 1. The van der Waals surface area contributed by atoms with E-state index in [1.165, 1.54) is 5.56 Å². The Kier molecular flexibility index (Phi) is 5.31. The number of anilines is 1. The first kappa shape index (κ1) is 17.4. The smallest absolute Gasteiger partial charge is 0.225 e. The van der Waals surface area contributed by atoms with Gasteiger partial charge in [0, 0.05) is 43.5 Å². The molecule has 5 nitrogen and oxygen atoms in total. The maximum atomic E-state index is 12.8. The molecule has 1 atom stereocenters. The average molecular weight is 338 g/mol. The highest BCUT2D eigenvalue weighted by Crippen LogP contribution is 2.21. The van der Waals surface area contributed by atoms with E-state index >= 15 is 0 Å². The minimum atomic E-state index is 0.166. The monoisotopic (exact) mass is 338 g/mol. The second-order valence-electron chi connectivity index (χ2n) is 6.72. The van der Waals surface area contributed by atoms with Crippen LogP contribution in [-0.2, 0) is 11.3 Å². The van der Waals surface area contributed by atoms with Gasteiger partial charge in [-0.2, -0.15) is 0 Å². The van der Waals surface area contributed by atoms with Crippen molar-refractivity contribution in [2.75, 3.05) is 18.0 Å². The van der Waals surface area contributed by atoms with Gasteiger partial charge in [0.05, 0.1) is 0 Å². The molecular weight excluding hydrogens is 312 g/mol. The van der Waals surface area contributed by atoms with E-state index in [2.05, 4.69) is 33.9 Å². The zero-order valence-corrected chi connectivity index (χ0v) is 15.3. The van der Waals surface area contributed by atoms with Crippen molar-refractivity contribution >= 4 is 11.9 Å². The molecule has 0 unspecified atom stereocenters. The molecule has 5 heteroatoms. The lowest BCUT2D eigenvalue weighted by Gasteiger charge is -2.31. The highest BCUT2D eigenvalue weighted by Gasteiger charge is 2.29. The van der Waals surface area contributed by atoms with Crippen LogP contribution >= 0.6 is 0 Å². The highest BCUT2D eigenvalue weighted by molar-refractivity contribution is 5.77. The lowest BCUT2D eigenvalue weighted by molar-refractivity contribution is -0.133. The molecular formula is C20H26N4O. The second-order valence-corrected chi connectivity index (χ2v) is 6.72. The van der Waals surface area contributed by atoms with Crippen molar-refractivity contribution in [2.24, 2.45) is 0 Å². The third-order valence-corrected chi connectivity index (χ3v) is 4.71. The van der Waals surface area contributed by atoms with Gasteiger partial charge in [0.2, 0.25) is 11.9 Å². The number of nitrogens with zero attached hydrogens (tertiary/aromatic N) is 4. The van der Waals surface area contributed by atoms with Gasteiger partial charge in [-0.3, -0.25) is 4.79 Å². The number of hydrogen-bond acceptors (Lipinski definition) is 4. The van der Waals surface area contributed by atoms with E-state index in [1.807, 2.05) is 43.0 Å². The van der Waals surface area contributed by atoms with Crippen LogP contribution in [0.3, 0.4) is 0 Å². The van der Waals surface area contributed by atoms with Crippen molar-refractivity contribution in [2.45, 2.75) is 46.2 Å². The maximum Gasteiger partial charge on any atom is 0.225 e. The quantitative estimate of drug-likeness (QED) is 0.859. The van der Waals surface area contributed by atoms with E-state index in [0.29, 0.717) is 19.5 Å². The number of hydrogen-bond donors (Lipinski definition) is 0. The first-order valence-corrected chi connectivity index (χ1v) is 8.97. The average Bonchev–Trinajstić information content (AvgIpc) is 2.75. The summed E-state index contributed by atoms with van der Waals surface area (Å²) in [5, 5.41) is 0. The number of rotatable bonds is 4. The predicted octanol–water partition coefficient (Wildman–Crippen LogP) is 3.11. The van der Waals surface area contributed by atoms with E-state index in [9.17, 15) is 4.79 Å². The van der Waals surface area contributed by atoms with Crippen LogP contribution in [-0.4, -0.2) is 39.9 Å². The van der Waals surface area contributed by atoms with Gasteiger partial charge in [0.15, 0.2) is 0 Å². The predicted molar refractivity (Wildman–Crippen MR) is 99.4 cm³/mol. The van der Waals surface area contributed by atoms with Gasteiger partial charge < -0.3 is 9.80 Å². The van der Waals surface area contributed by atoms with Crippen LogP contribution in [0.15, 0.2) is 36.4 Å². The van der Waals surface area contributed by atoms with Gasteiger partial charge in [-0.05, 0) is 31.9 Å². The van der Waals surface area contributed by atoms with Crippen molar-refractivity contribution in [1.82, 2.24) is 14.9 Å². The van der Waals surface area contributed by atoms with Crippen LogP contribution in [0, 0.1) is 13.8 Å². The summed E-state index contributed by atoms with van der Waals surface area (Å²) in [6.45, 7) is 8.23. The van der Waals surface area contributed by atoms with Crippen LogP contribution in [0.25, 0.3) is 0 Å². The normalized spacial score (nSPS) is 18.4. The molecule has 0 aliphatic carbocycles. The van der Waals surface area contributed by atoms with Gasteiger partial charge in [-0.25, -0.2) is 9.97 Å². The first-order chi connectivity index (χ1) is 12.1. The summed E-state index contributed by atoms with van der Waals surface area (Å²) in [5.74, 6) is 0.952. The third kappa shape index (κ3) is 4.16. The van der Waals surface area contributed by atoms with Crippen molar-refractivity contribution in [3.63, 3.8) is 0 Å². The molecule has 1 aromatic carbocycles. The van der Waals surface area contributed by atoms with Crippen molar-refractivity contribution in [1.29, 1.82) is 0 Å². The number of amides is 1. The molecule has 1 aliphatic heterocycles. The molecule has 1 fully saturated rings. The summed E-state index contributed by atoms with van der Waals surface area (Å²) in [5.41, 5.74) is 3.10. The second kappa shape index (κ2) is 7.64. The van der Waals surface area contributed by atoms with Crippen LogP contribution in [0.1, 0.15) is 36.7 Å². The number of benzene rings is 1. The fourth-order valence-electron chi connectivity index (χ4n) is 3.40. The van der Waals surface area contributed by atoms with E-state index in [-0.39, 0.29) is 11.9 Å². The van der Waals surface area contributed by atoms with Crippen molar-refractivity contribution in [3.8, 4) is 0 Å². The Morgan fingerprint density at radius 1 is 1.12 bits per heavy atom. The molecule has 1 amide bonds. The van der Waals surface area contributed by atoms with Gasteiger partial charge in [0.1, 0.15) is 0 Å². The van der Waals surface area contributed by atoms with Gasteiger partial charge >= 0.3 is 0 Å². The lowest BCUT2D eigenvalue weighted by atomic mass is 10.1. The van der Waals surface area contributed by atoms with Crippen LogP contribution in [0.2, 0.25) is 0 Å². The fourth-order valence-corrected chi connectivity index (χ4v) is 3.40. The number of carbonyl (C=O) groups excluding carboxylic acids is 1. The largest absolute Gasteiger partial charge is 0.338 e. The summed E-state index contributed by atoms with van der Waals surface area (Å²) in [6.07, 6.45) is 1.42. The molecule has 0 radical (unpaired) electrons. The Balaban J connectivity index is 1.83. The fraction of sp³-hybridized carbons (Fsp3) is 0.450. The Morgan fingerprint density at radius 3 is 2.44 bits per heavy atom. The molecule has 0 bridgehead atoms. The van der Waals surface area contributed by atoms with E-state index in [0.717, 1.165) is 30.3 Å². The Hall–Kier alpha value is -2.43. The molecule has 0 N–H and O–H groups in total. The van der Waals surface area contributed by atoms with E-state index in [1.54, 1.807) is 0 Å². The summed E-state index contributed by atoms with van der Waals surface area (Å²) in [4.78, 5) is 26.1. The topological polar surface area (TPSA) is 49.3 Å². The molecule has 25 heavy (non-hydrogen) atoms. The van der Waals surface area contributed by atoms with E-state index < -0.39 is 0 Å². The minimum absolute atomic E-state index is 0.166. The molecule has 1 aliphatic rings. The minimum Gasteiger partial charge on any atom is -0.338 e. The maximum absolute atomic E-state index is 12.8. The van der Waals surface area contributed by atoms with Crippen molar-refractivity contribution in [3.05, 3.63) is 53.3 Å². The molecule has 2 heterocycles. The lowest BCUT2D eigenvalue weighted by Crippen LogP contribution is -2.42. The Labute approximate surface area is 149 Å². The SMILES string of the molecule is CC[C@@H]1CN(c2nc(C)cc(C)n2)CCC(=O)N1Cc1ccccc1. The highest BCUT2D eigenvalue weighted by atomic mass is 16.2. The molecule has 0 spiro atoms. The number of aromatic nitrogens is 2. The van der Waals surface area contributed by atoms with Crippen LogP contribution in [0.5, 0.6) is 0 Å². The zero-order chi connectivity index (χ0) is 17.8. The van der Waals surface area contributed by atoms with Gasteiger partial charge in [0.25, 0.3) is 0 Å². The standard InChI is InChI=1S/C20H26N4O/c1-4-18-14-23(20-21-15(2)12-16(3)22-20)11-10-19(25)24(18)13-17-8-6-5-7-9-17/h5-9,12,18H,4,10-11,13-14H2,1-3H3/t18-/m1/s1. The number of aryl methyl sites for hydroxylation is 2. The Bertz CT molecular complexity index is 711. The molecule has 1 saturated heterocycles. The molecule has 132 valence electrons. The zero-order valence-electron chi connectivity index (χ0n) is 15.3. The van der Waals surface area contributed by atoms with Crippen LogP contribution in [0.4, 0.5) is 5.95 Å². The third-order valence-electron chi connectivity index (χ3n) is 4.71. The summed E-state index contributed by atoms with van der Waals surface area (Å²) in [6, 6.07) is 12.4. The summed E-state index contributed by atoms with van der Waals surface area (Å²) < 4.78 is 0. The van der Waals surface area contributed by atoms with E-state index in [4.69, 9.17) is 0 Å². The summed E-state index contributed by atoms with van der Waals surface area (Å²) >= 11 is 0. The molecule has 0 saturated carbocycles. The van der Waals surface area contributed by atoms with Gasteiger partial charge in [-0.15, -0.1) is 0 Å². The molecule has 2 aromatic rings. The van der Waals surface area contributed by atoms with Gasteiger partial charge in [-0.1, -0.05) is 37.3 Å². The summed E-state index contributed by atoms with van der Waals surface area (Å²) in [7, 11) is 0. The first-order valence-electron chi connectivity index (χ1n) is 8.97. The van der Waals surface area contributed by atoms with Crippen LogP contribution < -0.4 is 4.90 Å². The van der Waals surface area contributed by atoms with Crippen molar-refractivity contribution < 1.29 is 4.79 Å². The molecule has 3 rings (SSSR count).